The lowest BCUT2D eigenvalue weighted by molar-refractivity contribution is -0.605. The van der Waals surface area contributed by atoms with Gasteiger partial charge in [-0.3, -0.25) is 5.32 Å². The summed E-state index contributed by atoms with van der Waals surface area (Å²) in [5.41, 5.74) is 4.39. The van der Waals surface area contributed by atoms with Crippen LogP contribution in [0.3, 0.4) is 0 Å². The summed E-state index contributed by atoms with van der Waals surface area (Å²) in [6.07, 6.45) is 3.63. The van der Waals surface area contributed by atoms with E-state index in [1.165, 1.54) is 12.4 Å². The van der Waals surface area contributed by atoms with E-state index in [9.17, 15) is 10.0 Å². The van der Waals surface area contributed by atoms with Crippen LogP contribution in [-0.4, -0.2) is 22.4 Å². The van der Waals surface area contributed by atoms with E-state index in [1.54, 1.807) is 16.8 Å². The molecular formula is C32H33N5O3. The first kappa shape index (κ1) is 26.7. The molecule has 0 aliphatic heterocycles. The average Bonchev–Trinajstić information content (AvgIpc) is 3.35. The molecule has 0 fully saturated rings. The van der Waals surface area contributed by atoms with Gasteiger partial charge in [0, 0.05) is 40.8 Å². The Morgan fingerprint density at radius 3 is 2.35 bits per heavy atom. The number of ether oxygens (including phenoxy) is 1. The number of anilines is 2. The van der Waals surface area contributed by atoms with Crippen LogP contribution in [-0.2, 0) is 11.8 Å². The number of hydrogen-bond acceptors (Lipinski definition) is 4. The van der Waals surface area contributed by atoms with Crippen molar-refractivity contribution in [3.05, 3.63) is 113 Å². The molecule has 40 heavy (non-hydrogen) atoms. The minimum absolute atomic E-state index is 0.187. The lowest BCUT2D eigenvalue weighted by Gasteiger charge is -2.14. The van der Waals surface area contributed by atoms with Gasteiger partial charge >= 0.3 is 6.03 Å². The predicted molar refractivity (Wildman–Crippen MR) is 158 cm³/mol. The molecule has 0 bridgehead atoms. The Kier molecular flexibility index (Phi) is 7.42. The molecule has 3 aromatic carbocycles. The second-order valence-corrected chi connectivity index (χ2v) is 10.8. The van der Waals surface area contributed by atoms with Gasteiger partial charge in [-0.25, -0.2) is 9.48 Å². The number of fused-ring (bicyclic) bond motifs is 1. The summed E-state index contributed by atoms with van der Waals surface area (Å²) < 4.78 is 8.62. The maximum absolute atomic E-state index is 13.2. The van der Waals surface area contributed by atoms with Crippen LogP contribution >= 0.6 is 0 Å². The van der Waals surface area contributed by atoms with Crippen LogP contribution in [0.2, 0.25) is 0 Å². The molecule has 0 unspecified atom stereocenters. The first-order valence-corrected chi connectivity index (χ1v) is 13.3. The standard InChI is InChI=1S/C32H33N5O3/c1-22-9-11-24(12-10-22)37-30(21-29(35-37)32(2,3)4)34-31(38)33-27-13-14-28(26-8-6-5-7-25(26)27)40-20-17-23-15-18-36(39)19-16-23/h5-16,18-19,21H,17,20H2,1-4H3,(H2,33,34,38). The number of carbonyl (C=O) groups is 1. The molecule has 2 N–H and O–H groups in total. The Hall–Kier alpha value is -4.85. The fourth-order valence-corrected chi connectivity index (χ4v) is 4.38. The zero-order valence-corrected chi connectivity index (χ0v) is 23.1. The number of aryl methyl sites for hydroxylation is 1. The highest BCUT2D eigenvalue weighted by Gasteiger charge is 2.22. The van der Waals surface area contributed by atoms with Gasteiger partial charge in [0.15, 0.2) is 12.4 Å². The van der Waals surface area contributed by atoms with Gasteiger partial charge in [-0.1, -0.05) is 62.7 Å². The van der Waals surface area contributed by atoms with Crippen LogP contribution in [0.1, 0.15) is 37.6 Å². The maximum Gasteiger partial charge on any atom is 0.324 e. The zero-order chi connectivity index (χ0) is 28.3. The van der Waals surface area contributed by atoms with E-state index in [-0.39, 0.29) is 11.4 Å². The van der Waals surface area contributed by atoms with Crippen molar-refractivity contribution in [1.29, 1.82) is 0 Å². The molecule has 0 atom stereocenters. The Labute approximate surface area is 233 Å². The van der Waals surface area contributed by atoms with Crippen LogP contribution in [0.25, 0.3) is 16.5 Å². The Balaban J connectivity index is 1.34. The molecule has 0 saturated carbocycles. The monoisotopic (exact) mass is 535 g/mol. The number of amides is 2. The average molecular weight is 536 g/mol. The molecule has 8 nitrogen and oxygen atoms in total. The molecule has 2 aromatic heterocycles. The second-order valence-electron chi connectivity index (χ2n) is 10.8. The molecule has 2 amide bonds. The third-order valence-electron chi connectivity index (χ3n) is 6.65. The predicted octanol–water partition coefficient (Wildman–Crippen LogP) is 6.53. The zero-order valence-electron chi connectivity index (χ0n) is 23.1. The SMILES string of the molecule is Cc1ccc(-n2nc(C(C)(C)C)cc2NC(=O)Nc2ccc(OCCc3cc[n+]([O-])cc3)c3ccccc23)cc1. The van der Waals surface area contributed by atoms with E-state index in [4.69, 9.17) is 9.84 Å². The number of carbonyl (C=O) groups excluding carboxylic acids is 1. The van der Waals surface area contributed by atoms with E-state index >= 15 is 0 Å². The highest BCUT2D eigenvalue weighted by atomic mass is 16.5. The van der Waals surface area contributed by atoms with E-state index in [0.717, 1.165) is 43.8 Å². The minimum Gasteiger partial charge on any atom is -0.619 e. The van der Waals surface area contributed by atoms with Crippen molar-refractivity contribution in [2.75, 3.05) is 17.2 Å². The van der Waals surface area contributed by atoms with Crippen molar-refractivity contribution in [1.82, 2.24) is 9.78 Å². The first-order chi connectivity index (χ1) is 19.2. The van der Waals surface area contributed by atoms with E-state index in [1.807, 2.05) is 73.7 Å². The lowest BCUT2D eigenvalue weighted by Crippen LogP contribution is -2.23. The molecule has 5 aromatic rings. The van der Waals surface area contributed by atoms with Crippen molar-refractivity contribution in [3.63, 3.8) is 0 Å². The van der Waals surface area contributed by atoms with E-state index < -0.39 is 0 Å². The molecule has 8 heteroatoms. The third-order valence-corrected chi connectivity index (χ3v) is 6.65. The summed E-state index contributed by atoms with van der Waals surface area (Å²) in [5.74, 6) is 1.31. The Bertz CT molecular complexity index is 1630. The number of urea groups is 1. The van der Waals surface area contributed by atoms with Crippen LogP contribution in [0.5, 0.6) is 5.75 Å². The number of aromatic nitrogens is 3. The van der Waals surface area contributed by atoms with Crippen molar-refractivity contribution in [3.8, 4) is 11.4 Å². The minimum atomic E-state index is -0.368. The van der Waals surface area contributed by atoms with Gasteiger partial charge in [0.2, 0.25) is 0 Å². The quantitative estimate of drug-likeness (QED) is 0.183. The van der Waals surface area contributed by atoms with Crippen LogP contribution in [0, 0.1) is 12.1 Å². The fraction of sp³-hybridized carbons (Fsp3) is 0.219. The van der Waals surface area contributed by atoms with Crippen LogP contribution < -0.4 is 20.1 Å². The van der Waals surface area contributed by atoms with Crippen molar-refractivity contribution >= 4 is 28.3 Å². The summed E-state index contributed by atoms with van der Waals surface area (Å²) in [7, 11) is 0. The summed E-state index contributed by atoms with van der Waals surface area (Å²) in [6.45, 7) is 8.77. The largest absolute Gasteiger partial charge is 0.619 e. The first-order valence-electron chi connectivity index (χ1n) is 13.3. The maximum atomic E-state index is 13.2. The van der Waals surface area contributed by atoms with Gasteiger partial charge in [-0.2, -0.15) is 9.83 Å². The molecule has 0 saturated heterocycles. The second kappa shape index (κ2) is 11.1. The number of nitrogens with zero attached hydrogens (tertiary/aromatic N) is 3. The Morgan fingerprint density at radius 2 is 1.65 bits per heavy atom. The number of benzene rings is 3. The molecule has 2 heterocycles. The topological polar surface area (TPSA) is 95.1 Å². The van der Waals surface area contributed by atoms with Crippen molar-refractivity contribution in [2.24, 2.45) is 0 Å². The van der Waals surface area contributed by atoms with Crippen molar-refractivity contribution in [2.45, 2.75) is 39.5 Å². The molecule has 5 rings (SSSR count). The molecule has 0 aliphatic rings. The Morgan fingerprint density at radius 1 is 0.950 bits per heavy atom. The summed E-state index contributed by atoms with van der Waals surface area (Å²) in [6, 6.07) is 24.6. The number of pyridine rings is 1. The molecular weight excluding hydrogens is 502 g/mol. The van der Waals surface area contributed by atoms with Gasteiger partial charge in [0.25, 0.3) is 0 Å². The normalized spacial score (nSPS) is 11.4. The number of hydrogen-bond donors (Lipinski definition) is 2. The lowest BCUT2D eigenvalue weighted by atomic mass is 9.92. The molecule has 0 radical (unpaired) electrons. The number of nitrogens with one attached hydrogen (secondary N) is 2. The summed E-state index contributed by atoms with van der Waals surface area (Å²) in [5, 5.41) is 23.8. The van der Waals surface area contributed by atoms with Gasteiger partial charge < -0.3 is 15.3 Å². The van der Waals surface area contributed by atoms with Crippen LogP contribution in [0.15, 0.2) is 91.3 Å². The van der Waals surface area contributed by atoms with Gasteiger partial charge in [-0.15, -0.1) is 0 Å². The summed E-state index contributed by atoms with van der Waals surface area (Å²) in [4.78, 5) is 13.2. The van der Waals surface area contributed by atoms with Gasteiger partial charge in [0.05, 0.1) is 23.7 Å². The highest BCUT2D eigenvalue weighted by molar-refractivity contribution is 6.07. The third kappa shape index (κ3) is 6.07. The van der Waals surface area contributed by atoms with Crippen LogP contribution in [0.4, 0.5) is 16.3 Å². The van der Waals surface area contributed by atoms with Gasteiger partial charge in [0.1, 0.15) is 11.6 Å². The molecule has 0 spiro atoms. The van der Waals surface area contributed by atoms with E-state index in [2.05, 4.69) is 31.4 Å². The highest BCUT2D eigenvalue weighted by Crippen LogP contribution is 2.32. The van der Waals surface area contributed by atoms with E-state index in [0.29, 0.717) is 24.5 Å². The van der Waals surface area contributed by atoms with Crippen molar-refractivity contribution < 1.29 is 14.3 Å². The molecule has 0 aliphatic carbocycles. The smallest absolute Gasteiger partial charge is 0.324 e. The fourth-order valence-electron chi connectivity index (χ4n) is 4.38. The number of rotatable bonds is 7. The summed E-state index contributed by atoms with van der Waals surface area (Å²) >= 11 is 0. The van der Waals surface area contributed by atoms with Gasteiger partial charge in [-0.05, 0) is 36.8 Å². The molecule has 204 valence electrons.